The summed E-state index contributed by atoms with van der Waals surface area (Å²) in [6.07, 6.45) is 7.27. The predicted molar refractivity (Wildman–Crippen MR) is 93.5 cm³/mol. The van der Waals surface area contributed by atoms with Gasteiger partial charge in [-0.1, -0.05) is 13.8 Å². The first-order valence-electron chi connectivity index (χ1n) is 7.47. The fraction of sp³-hybridized carbons (Fsp3) is 0.500. The van der Waals surface area contributed by atoms with Gasteiger partial charge in [0.2, 0.25) is 5.91 Å². The molecule has 1 radical (unpaired) electrons. The first kappa shape index (κ1) is 17.1. The Balaban J connectivity index is 1.78. The molecule has 22 heavy (non-hydrogen) atoms. The molecular formula is C16H22N3OS2. The first-order chi connectivity index (χ1) is 10.5. The smallest absolute Gasteiger partial charge is 0.223 e. The Hall–Kier alpha value is -1.27. The molecule has 0 fully saturated rings. The molecule has 2 rings (SSSR count). The molecule has 0 bridgehead atoms. The lowest BCUT2D eigenvalue weighted by Gasteiger charge is -2.00. The normalized spacial score (nSPS) is 11.1. The summed E-state index contributed by atoms with van der Waals surface area (Å²) in [5.74, 6) is 1.41. The Labute approximate surface area is 140 Å². The second kappa shape index (κ2) is 8.39. The highest BCUT2D eigenvalue weighted by molar-refractivity contribution is 7.14. The molecule has 0 unspecified atom stereocenters. The summed E-state index contributed by atoms with van der Waals surface area (Å²) >= 11 is 3.28. The Morgan fingerprint density at radius 3 is 2.77 bits per heavy atom. The highest BCUT2D eigenvalue weighted by Gasteiger charge is 2.07. The van der Waals surface area contributed by atoms with Crippen molar-refractivity contribution in [2.45, 2.75) is 52.9 Å². The summed E-state index contributed by atoms with van der Waals surface area (Å²) in [7, 11) is 0. The average Bonchev–Trinajstić information content (AvgIpc) is 3.05. The number of carbonyl (C=O) groups is 1. The second-order valence-electron chi connectivity index (χ2n) is 5.61. The van der Waals surface area contributed by atoms with E-state index < -0.39 is 0 Å². The minimum atomic E-state index is -0.0763. The van der Waals surface area contributed by atoms with E-state index in [0.717, 1.165) is 25.0 Å². The van der Waals surface area contributed by atoms with Gasteiger partial charge >= 0.3 is 0 Å². The minimum absolute atomic E-state index is 0.0763. The molecule has 0 atom stereocenters. The molecule has 0 spiro atoms. The van der Waals surface area contributed by atoms with Crippen molar-refractivity contribution in [1.82, 2.24) is 9.97 Å². The highest BCUT2D eigenvalue weighted by atomic mass is 32.1. The van der Waals surface area contributed by atoms with E-state index in [-0.39, 0.29) is 5.91 Å². The number of amides is 1. The molecule has 2 aromatic heterocycles. The van der Waals surface area contributed by atoms with E-state index in [1.165, 1.54) is 46.9 Å². The maximum atomic E-state index is 11.0. The van der Waals surface area contributed by atoms with E-state index in [4.69, 9.17) is 0 Å². The minimum Gasteiger partial charge on any atom is -0.302 e. The van der Waals surface area contributed by atoms with Crippen LogP contribution in [0.4, 0.5) is 5.13 Å². The van der Waals surface area contributed by atoms with Crippen molar-refractivity contribution >= 4 is 33.7 Å². The SMILES string of the molecule is C[C](C)CCCc1ncc(CCc2csc(NC(C)=O)n2)s1. The predicted octanol–water partition coefficient (Wildman–Crippen LogP) is 4.28. The molecular weight excluding hydrogens is 314 g/mol. The quantitative estimate of drug-likeness (QED) is 0.783. The molecule has 2 heterocycles. The van der Waals surface area contributed by atoms with Crippen LogP contribution in [0.2, 0.25) is 0 Å². The van der Waals surface area contributed by atoms with Gasteiger partial charge in [-0.3, -0.25) is 4.79 Å². The van der Waals surface area contributed by atoms with Gasteiger partial charge in [0.1, 0.15) is 0 Å². The number of nitrogens with one attached hydrogen (secondary N) is 1. The van der Waals surface area contributed by atoms with Crippen molar-refractivity contribution in [3.8, 4) is 0 Å². The number of aryl methyl sites for hydroxylation is 3. The van der Waals surface area contributed by atoms with Gasteiger partial charge < -0.3 is 5.32 Å². The summed E-state index contributed by atoms with van der Waals surface area (Å²) < 4.78 is 0. The number of rotatable bonds is 8. The van der Waals surface area contributed by atoms with E-state index in [9.17, 15) is 4.79 Å². The summed E-state index contributed by atoms with van der Waals surface area (Å²) in [5.41, 5.74) is 1.03. The van der Waals surface area contributed by atoms with Gasteiger partial charge in [0.25, 0.3) is 0 Å². The number of anilines is 1. The maximum absolute atomic E-state index is 11.0. The third-order valence-electron chi connectivity index (χ3n) is 3.13. The number of carbonyl (C=O) groups excluding carboxylic acids is 1. The summed E-state index contributed by atoms with van der Waals surface area (Å²) in [5, 5.41) is 6.63. The van der Waals surface area contributed by atoms with E-state index >= 15 is 0 Å². The van der Waals surface area contributed by atoms with Crippen molar-refractivity contribution in [2.24, 2.45) is 0 Å². The van der Waals surface area contributed by atoms with Gasteiger partial charge in [-0.2, -0.15) is 0 Å². The summed E-state index contributed by atoms with van der Waals surface area (Å²) in [6, 6.07) is 0. The Morgan fingerprint density at radius 1 is 1.23 bits per heavy atom. The molecule has 1 amide bonds. The lowest BCUT2D eigenvalue weighted by atomic mass is 10.1. The van der Waals surface area contributed by atoms with Crippen LogP contribution in [0.1, 0.15) is 49.2 Å². The Bertz CT molecular complexity index is 604. The topological polar surface area (TPSA) is 54.9 Å². The van der Waals surface area contributed by atoms with Crippen LogP contribution in [-0.4, -0.2) is 15.9 Å². The van der Waals surface area contributed by atoms with Crippen LogP contribution in [0.5, 0.6) is 0 Å². The molecule has 0 saturated heterocycles. The van der Waals surface area contributed by atoms with Gasteiger partial charge in [-0.05, 0) is 38.0 Å². The Morgan fingerprint density at radius 2 is 2.05 bits per heavy atom. The second-order valence-corrected chi connectivity index (χ2v) is 7.66. The van der Waals surface area contributed by atoms with Gasteiger partial charge in [-0.15, -0.1) is 22.7 Å². The van der Waals surface area contributed by atoms with Crippen molar-refractivity contribution in [3.63, 3.8) is 0 Å². The number of aromatic nitrogens is 2. The van der Waals surface area contributed by atoms with Crippen LogP contribution in [0.15, 0.2) is 11.6 Å². The third-order valence-corrected chi connectivity index (χ3v) is 5.05. The molecule has 2 aromatic rings. The molecule has 0 aliphatic rings. The van der Waals surface area contributed by atoms with E-state index in [1.54, 1.807) is 11.3 Å². The summed E-state index contributed by atoms with van der Waals surface area (Å²) in [4.78, 5) is 21.2. The standard InChI is InChI=1S/C16H22N3OS2/c1-11(2)5-4-6-15-17-9-14(22-15)8-7-13-10-21-16(19-13)18-12(3)20/h9-10H,4-8H2,1-3H3,(H,18,19,20). The van der Waals surface area contributed by atoms with Gasteiger partial charge in [0, 0.05) is 23.4 Å². The van der Waals surface area contributed by atoms with Crippen LogP contribution in [0.3, 0.4) is 0 Å². The molecule has 0 aliphatic carbocycles. The van der Waals surface area contributed by atoms with E-state index in [0.29, 0.717) is 5.13 Å². The zero-order chi connectivity index (χ0) is 15.9. The number of thiazole rings is 2. The highest BCUT2D eigenvalue weighted by Crippen LogP contribution is 2.20. The van der Waals surface area contributed by atoms with Gasteiger partial charge in [0.05, 0.1) is 10.7 Å². The fourth-order valence-corrected chi connectivity index (χ4v) is 3.81. The van der Waals surface area contributed by atoms with Gasteiger partial charge in [0.15, 0.2) is 5.13 Å². The molecule has 0 aromatic carbocycles. The zero-order valence-electron chi connectivity index (χ0n) is 13.3. The van der Waals surface area contributed by atoms with Gasteiger partial charge in [-0.25, -0.2) is 9.97 Å². The molecule has 4 nitrogen and oxygen atoms in total. The molecule has 0 saturated carbocycles. The van der Waals surface area contributed by atoms with E-state index in [2.05, 4.69) is 29.1 Å². The molecule has 6 heteroatoms. The van der Waals surface area contributed by atoms with Crippen molar-refractivity contribution in [1.29, 1.82) is 0 Å². The van der Waals surface area contributed by atoms with Crippen LogP contribution in [0.25, 0.3) is 0 Å². The molecule has 1 N–H and O–H groups in total. The summed E-state index contributed by atoms with van der Waals surface area (Å²) in [6.45, 7) is 5.85. The van der Waals surface area contributed by atoms with Crippen molar-refractivity contribution in [3.05, 3.63) is 33.1 Å². The zero-order valence-corrected chi connectivity index (χ0v) is 14.9. The Kier molecular flexibility index (Phi) is 6.51. The third kappa shape index (κ3) is 5.85. The average molecular weight is 337 g/mol. The largest absolute Gasteiger partial charge is 0.302 e. The van der Waals surface area contributed by atoms with Crippen molar-refractivity contribution < 1.29 is 4.79 Å². The fourth-order valence-electron chi connectivity index (χ4n) is 2.05. The van der Waals surface area contributed by atoms with Crippen molar-refractivity contribution in [2.75, 3.05) is 5.32 Å². The van der Waals surface area contributed by atoms with Crippen LogP contribution < -0.4 is 5.32 Å². The number of hydrogen-bond donors (Lipinski definition) is 1. The maximum Gasteiger partial charge on any atom is 0.223 e. The lowest BCUT2D eigenvalue weighted by Crippen LogP contribution is -2.05. The molecule has 0 aliphatic heterocycles. The van der Waals surface area contributed by atoms with Crippen LogP contribution >= 0.6 is 22.7 Å². The molecule has 119 valence electrons. The lowest BCUT2D eigenvalue weighted by molar-refractivity contribution is -0.114. The number of nitrogens with zero attached hydrogens (tertiary/aromatic N) is 2. The van der Waals surface area contributed by atoms with Crippen LogP contribution in [0, 0.1) is 5.92 Å². The monoisotopic (exact) mass is 336 g/mol. The number of hydrogen-bond acceptors (Lipinski definition) is 5. The van der Waals surface area contributed by atoms with E-state index in [1.807, 2.05) is 11.6 Å². The van der Waals surface area contributed by atoms with Crippen LogP contribution in [-0.2, 0) is 24.1 Å². The first-order valence-corrected chi connectivity index (χ1v) is 9.17.